The average Bonchev–Trinajstić information content (AvgIpc) is 2.62. The molecule has 27 heavy (non-hydrogen) atoms. The molecule has 0 fully saturated rings. The van der Waals surface area contributed by atoms with Gasteiger partial charge in [0, 0.05) is 11.6 Å². The number of carbonyl (C=O) groups excluding carboxylic acids is 1. The maximum Gasteiger partial charge on any atom is 0.340 e. The Bertz CT molecular complexity index is 978. The van der Waals surface area contributed by atoms with Crippen molar-refractivity contribution in [3.8, 4) is 5.75 Å². The number of aliphatic hydroxyl groups is 1. The van der Waals surface area contributed by atoms with Crippen LogP contribution in [-0.2, 0) is 16.1 Å². The molecule has 0 saturated heterocycles. The third-order valence-electron chi connectivity index (χ3n) is 3.95. The van der Waals surface area contributed by atoms with Gasteiger partial charge < -0.3 is 24.7 Å². The van der Waals surface area contributed by atoms with E-state index in [1.807, 2.05) is 0 Å². The van der Waals surface area contributed by atoms with Gasteiger partial charge in [0.2, 0.25) is 17.1 Å². The lowest BCUT2D eigenvalue weighted by molar-refractivity contribution is -0.139. The van der Waals surface area contributed by atoms with Crippen LogP contribution in [0.2, 0.25) is 0 Å². The van der Waals surface area contributed by atoms with Crippen LogP contribution in [0.1, 0.15) is 29.9 Å². The first-order chi connectivity index (χ1) is 12.9. The van der Waals surface area contributed by atoms with E-state index >= 15 is 0 Å². The molecular formula is C18H15F2NO6. The quantitative estimate of drug-likeness (QED) is 0.777. The SMILES string of the molecule is CCOC(=O)C1=C(N)Oc2c(oc(CO)cc2=O)C1c1c(F)cccc1F. The first kappa shape index (κ1) is 18.6. The Kier molecular flexibility index (Phi) is 4.95. The van der Waals surface area contributed by atoms with E-state index in [2.05, 4.69) is 0 Å². The van der Waals surface area contributed by atoms with Crippen LogP contribution in [0.15, 0.2) is 44.9 Å². The van der Waals surface area contributed by atoms with Gasteiger partial charge in [-0.15, -0.1) is 0 Å². The van der Waals surface area contributed by atoms with Crippen molar-refractivity contribution in [2.45, 2.75) is 19.4 Å². The summed E-state index contributed by atoms with van der Waals surface area (Å²) in [6.45, 7) is 0.855. The molecule has 0 aliphatic carbocycles. The van der Waals surface area contributed by atoms with Crippen molar-refractivity contribution in [3.63, 3.8) is 0 Å². The topological polar surface area (TPSA) is 112 Å². The third kappa shape index (κ3) is 3.17. The lowest BCUT2D eigenvalue weighted by atomic mass is 9.86. The number of hydrogen-bond donors (Lipinski definition) is 2. The number of nitrogens with two attached hydrogens (primary N) is 1. The normalized spacial score (nSPS) is 15.9. The zero-order valence-electron chi connectivity index (χ0n) is 14.1. The number of benzene rings is 1. The Balaban J connectivity index is 2.35. The second-order valence-electron chi connectivity index (χ2n) is 5.60. The second kappa shape index (κ2) is 7.20. The summed E-state index contributed by atoms with van der Waals surface area (Å²) in [7, 11) is 0. The summed E-state index contributed by atoms with van der Waals surface area (Å²) >= 11 is 0. The monoisotopic (exact) mass is 379 g/mol. The van der Waals surface area contributed by atoms with Crippen molar-refractivity contribution >= 4 is 5.97 Å². The van der Waals surface area contributed by atoms with E-state index in [0.29, 0.717) is 0 Å². The molecule has 3 rings (SSSR count). The number of carbonyl (C=O) groups is 1. The van der Waals surface area contributed by atoms with Gasteiger partial charge in [0.05, 0.1) is 12.5 Å². The molecule has 0 bridgehead atoms. The fraction of sp³-hybridized carbons (Fsp3) is 0.222. The molecule has 1 atom stereocenters. The van der Waals surface area contributed by atoms with Crippen LogP contribution >= 0.6 is 0 Å². The summed E-state index contributed by atoms with van der Waals surface area (Å²) in [4.78, 5) is 24.7. The van der Waals surface area contributed by atoms with Crippen LogP contribution in [-0.4, -0.2) is 17.7 Å². The summed E-state index contributed by atoms with van der Waals surface area (Å²) in [5.41, 5.74) is 4.07. The van der Waals surface area contributed by atoms with Gasteiger partial charge in [-0.1, -0.05) is 6.07 Å². The molecule has 0 amide bonds. The fourth-order valence-electron chi connectivity index (χ4n) is 2.85. The van der Waals surface area contributed by atoms with E-state index in [4.69, 9.17) is 19.6 Å². The lowest BCUT2D eigenvalue weighted by Gasteiger charge is -2.27. The first-order valence-corrected chi connectivity index (χ1v) is 7.95. The van der Waals surface area contributed by atoms with Gasteiger partial charge in [0.25, 0.3) is 0 Å². The smallest absolute Gasteiger partial charge is 0.340 e. The largest absolute Gasteiger partial charge is 0.462 e. The minimum absolute atomic E-state index is 0.0322. The van der Waals surface area contributed by atoms with Crippen LogP contribution in [0.4, 0.5) is 8.78 Å². The highest BCUT2D eigenvalue weighted by molar-refractivity contribution is 5.92. The fourth-order valence-corrected chi connectivity index (χ4v) is 2.85. The highest BCUT2D eigenvalue weighted by Gasteiger charge is 2.41. The van der Waals surface area contributed by atoms with Crippen molar-refractivity contribution in [2.75, 3.05) is 6.61 Å². The maximum atomic E-state index is 14.5. The predicted octanol–water partition coefficient (Wildman–Crippen LogP) is 1.67. The van der Waals surface area contributed by atoms with E-state index in [0.717, 1.165) is 24.3 Å². The predicted molar refractivity (Wildman–Crippen MR) is 87.6 cm³/mol. The van der Waals surface area contributed by atoms with Gasteiger partial charge in [-0.05, 0) is 19.1 Å². The van der Waals surface area contributed by atoms with Crippen LogP contribution in [0.5, 0.6) is 5.75 Å². The van der Waals surface area contributed by atoms with Crippen molar-refractivity contribution in [1.29, 1.82) is 0 Å². The van der Waals surface area contributed by atoms with E-state index in [9.17, 15) is 23.5 Å². The van der Waals surface area contributed by atoms with Crippen LogP contribution < -0.4 is 15.9 Å². The Morgan fingerprint density at radius 1 is 1.33 bits per heavy atom. The van der Waals surface area contributed by atoms with Gasteiger partial charge in [0.15, 0.2) is 5.76 Å². The van der Waals surface area contributed by atoms with Gasteiger partial charge in [0.1, 0.15) is 29.6 Å². The Hall–Kier alpha value is -3.20. The van der Waals surface area contributed by atoms with Crippen molar-refractivity contribution in [3.05, 3.63) is 74.7 Å². The second-order valence-corrected chi connectivity index (χ2v) is 5.60. The third-order valence-corrected chi connectivity index (χ3v) is 3.95. The number of hydrogen-bond acceptors (Lipinski definition) is 7. The summed E-state index contributed by atoms with van der Waals surface area (Å²) in [6, 6.07) is 4.07. The zero-order valence-corrected chi connectivity index (χ0v) is 14.1. The number of halogens is 2. The molecule has 3 N–H and O–H groups in total. The molecule has 2 aromatic rings. The first-order valence-electron chi connectivity index (χ1n) is 7.95. The van der Waals surface area contributed by atoms with Gasteiger partial charge >= 0.3 is 5.97 Å². The number of ether oxygens (including phenoxy) is 2. The molecule has 2 heterocycles. The molecule has 1 aliphatic rings. The standard InChI is InChI=1S/C18H15F2NO6/c1-2-25-18(24)14-13(12-9(19)4-3-5-10(12)20)16-15(27-17(14)21)11(23)6-8(7-22)26-16/h3-6,13,22H,2,7,21H2,1H3. The van der Waals surface area contributed by atoms with Crippen LogP contribution in [0.25, 0.3) is 0 Å². The van der Waals surface area contributed by atoms with E-state index in [1.54, 1.807) is 0 Å². The lowest BCUT2D eigenvalue weighted by Crippen LogP contribution is -2.31. The van der Waals surface area contributed by atoms with Crippen molar-refractivity contribution < 1.29 is 32.6 Å². The molecule has 0 saturated carbocycles. The highest BCUT2D eigenvalue weighted by Crippen LogP contribution is 2.43. The molecule has 1 aromatic carbocycles. The summed E-state index contributed by atoms with van der Waals surface area (Å²) in [5.74, 6) is -5.97. The number of fused-ring (bicyclic) bond motifs is 1. The zero-order chi connectivity index (χ0) is 19.7. The molecule has 1 aromatic heterocycles. The summed E-state index contributed by atoms with van der Waals surface area (Å²) in [6.07, 6.45) is 0. The molecule has 0 spiro atoms. The van der Waals surface area contributed by atoms with Crippen LogP contribution in [0, 0.1) is 11.6 Å². The highest BCUT2D eigenvalue weighted by atomic mass is 19.1. The van der Waals surface area contributed by atoms with E-state index in [-0.39, 0.29) is 18.1 Å². The molecule has 9 heteroatoms. The van der Waals surface area contributed by atoms with Crippen LogP contribution in [0.3, 0.4) is 0 Å². The van der Waals surface area contributed by atoms with Gasteiger partial charge in [-0.3, -0.25) is 4.79 Å². The number of esters is 1. The minimum Gasteiger partial charge on any atom is -0.462 e. The molecular weight excluding hydrogens is 364 g/mol. The Morgan fingerprint density at radius 2 is 2.00 bits per heavy atom. The number of rotatable bonds is 4. The molecule has 1 unspecified atom stereocenters. The summed E-state index contributed by atoms with van der Waals surface area (Å²) in [5, 5.41) is 9.29. The maximum absolute atomic E-state index is 14.5. The molecule has 1 aliphatic heterocycles. The minimum atomic E-state index is -1.53. The van der Waals surface area contributed by atoms with E-state index < -0.39 is 58.3 Å². The summed E-state index contributed by atoms with van der Waals surface area (Å²) < 4.78 is 44.5. The van der Waals surface area contributed by atoms with E-state index in [1.165, 1.54) is 6.92 Å². The van der Waals surface area contributed by atoms with Crippen molar-refractivity contribution in [2.24, 2.45) is 5.73 Å². The van der Waals surface area contributed by atoms with Gasteiger partial charge in [-0.2, -0.15) is 0 Å². The molecule has 7 nitrogen and oxygen atoms in total. The molecule has 0 radical (unpaired) electrons. The average molecular weight is 379 g/mol. The van der Waals surface area contributed by atoms with Crippen molar-refractivity contribution in [1.82, 2.24) is 0 Å². The Labute approximate surface area is 151 Å². The number of aliphatic hydroxyl groups excluding tert-OH is 1. The molecule has 142 valence electrons. The van der Waals surface area contributed by atoms with Gasteiger partial charge in [-0.25, -0.2) is 13.6 Å². The Morgan fingerprint density at radius 3 is 2.59 bits per heavy atom.